The van der Waals surface area contributed by atoms with E-state index < -0.39 is 41.4 Å². The molecule has 0 spiro atoms. The van der Waals surface area contributed by atoms with E-state index >= 15 is 0 Å². The Bertz CT molecular complexity index is 1060. The van der Waals surface area contributed by atoms with Crippen molar-refractivity contribution in [3.63, 3.8) is 0 Å². The first-order valence-electron chi connectivity index (χ1n) is 17.4. The Morgan fingerprint density at radius 2 is 1.77 bits per heavy atom. The molecule has 3 fully saturated rings. The quantitative estimate of drug-likeness (QED) is 0.277. The van der Waals surface area contributed by atoms with E-state index in [9.17, 15) is 19.5 Å². The zero-order valence-electron chi connectivity index (χ0n) is 31.1. The van der Waals surface area contributed by atoms with E-state index in [-0.39, 0.29) is 54.2 Å². The molecule has 272 valence electrons. The number of esters is 1. The Hall–Kier alpha value is -1.67. The van der Waals surface area contributed by atoms with Gasteiger partial charge in [0.05, 0.1) is 24.4 Å². The van der Waals surface area contributed by atoms with Crippen molar-refractivity contribution in [2.45, 2.75) is 111 Å². The van der Waals surface area contributed by atoms with Crippen LogP contribution in [0.3, 0.4) is 0 Å². The summed E-state index contributed by atoms with van der Waals surface area (Å²) in [4.78, 5) is 46.6. The molecule has 0 bridgehead atoms. The van der Waals surface area contributed by atoms with Crippen molar-refractivity contribution in [3.8, 4) is 0 Å². The molecule has 9 atom stereocenters. The average Bonchev–Trinajstić information content (AvgIpc) is 2.94. The number of methoxy groups -OCH3 is 1. The number of amides is 1. The van der Waals surface area contributed by atoms with Crippen molar-refractivity contribution < 1.29 is 38.4 Å². The lowest BCUT2D eigenvalue weighted by molar-refractivity contribution is -0.297. The maximum absolute atomic E-state index is 14.2. The van der Waals surface area contributed by atoms with Gasteiger partial charge in [-0.05, 0) is 81.4 Å². The van der Waals surface area contributed by atoms with Gasteiger partial charge >= 0.3 is 5.97 Å². The van der Waals surface area contributed by atoms with Crippen LogP contribution < -0.4 is 5.32 Å². The molecule has 0 aliphatic carbocycles. The number of ketones is 1. The first-order chi connectivity index (χ1) is 21.8. The van der Waals surface area contributed by atoms with E-state index in [0.29, 0.717) is 45.6 Å². The topological polar surface area (TPSA) is 130 Å². The van der Waals surface area contributed by atoms with Crippen LogP contribution in [-0.2, 0) is 33.3 Å². The fourth-order valence-electron chi connectivity index (χ4n) is 7.88. The minimum absolute atomic E-state index is 0.000579. The van der Waals surface area contributed by atoms with Gasteiger partial charge in [0, 0.05) is 63.1 Å². The summed E-state index contributed by atoms with van der Waals surface area (Å²) in [6.45, 7) is 18.2. The first-order valence-corrected chi connectivity index (χ1v) is 17.4. The van der Waals surface area contributed by atoms with Crippen molar-refractivity contribution in [1.82, 2.24) is 20.0 Å². The number of aliphatic hydroxyl groups is 1. The highest BCUT2D eigenvalue weighted by molar-refractivity contribution is 6.04. The van der Waals surface area contributed by atoms with Gasteiger partial charge in [-0.1, -0.05) is 13.8 Å². The molecule has 1 unspecified atom stereocenters. The number of rotatable bonds is 9. The molecule has 3 heterocycles. The van der Waals surface area contributed by atoms with Crippen LogP contribution in [0.2, 0.25) is 0 Å². The van der Waals surface area contributed by atoms with E-state index in [1.807, 2.05) is 53.7 Å². The molecule has 3 aliphatic rings. The highest BCUT2D eigenvalue weighted by Crippen LogP contribution is 2.39. The smallest absolute Gasteiger partial charge is 0.319 e. The highest BCUT2D eigenvalue weighted by atomic mass is 16.7. The molecule has 12 heteroatoms. The summed E-state index contributed by atoms with van der Waals surface area (Å²) in [5.74, 6) is -1.45. The van der Waals surface area contributed by atoms with Gasteiger partial charge < -0.3 is 34.3 Å². The second-order valence-corrected chi connectivity index (χ2v) is 16.0. The third kappa shape index (κ3) is 9.95. The van der Waals surface area contributed by atoms with Gasteiger partial charge in [-0.3, -0.25) is 24.2 Å². The number of Topliss-reactive ketones (excluding diaryl/α,β-unsaturated/α-hetero) is 1. The lowest BCUT2D eigenvalue weighted by Crippen LogP contribution is -2.60. The van der Waals surface area contributed by atoms with Gasteiger partial charge in [0.2, 0.25) is 5.91 Å². The van der Waals surface area contributed by atoms with Gasteiger partial charge in [0.15, 0.2) is 12.1 Å². The van der Waals surface area contributed by atoms with E-state index in [0.717, 1.165) is 0 Å². The fraction of sp³-hybridized carbons (Fsp3) is 0.914. The standard InChI is InChI=1S/C35H64N4O8/c1-21(2)36-28(40)19-39-17-26(18-39)27-20-45-33(43)34(6,7)30(42)24(5)31(35(8,44-12)14-22(3)15-38(27)11)47-32-29(41)25(16-37(9)10)13-23(4)46-32/h21-27,29,31-32,41H,13-20H2,1-12H3,(H,36,40)/t22-,23-,24+,25-,27+,29-,31-,32?,35-/m1/s1. The normalized spacial score (nSPS) is 37.1. The van der Waals surface area contributed by atoms with Crippen LogP contribution in [0.4, 0.5) is 0 Å². The summed E-state index contributed by atoms with van der Waals surface area (Å²) >= 11 is 0. The van der Waals surface area contributed by atoms with Crippen molar-refractivity contribution >= 4 is 17.7 Å². The van der Waals surface area contributed by atoms with Crippen molar-refractivity contribution in [3.05, 3.63) is 0 Å². The number of hydrogen-bond donors (Lipinski definition) is 2. The molecular formula is C35H64N4O8. The van der Waals surface area contributed by atoms with Gasteiger partial charge in [-0.25, -0.2) is 0 Å². The SMILES string of the molecule is CO[C@]1(C)C[C@@H](C)CN(C)[C@H](C2CN(CC(=O)NC(C)C)C2)COC(=O)C(C)(C)C(=O)[C@H](C)[C@H]1OC1O[C@H](C)C[C@H](CN(C)C)[C@H]1O. The van der Waals surface area contributed by atoms with Crippen molar-refractivity contribution in [2.24, 2.45) is 29.1 Å². The predicted octanol–water partition coefficient (Wildman–Crippen LogP) is 2.02. The minimum Gasteiger partial charge on any atom is -0.463 e. The Labute approximate surface area is 283 Å². The molecule has 3 rings (SSSR count). The fourth-order valence-corrected chi connectivity index (χ4v) is 7.88. The lowest BCUT2D eigenvalue weighted by atomic mass is 9.74. The molecule has 0 radical (unpaired) electrons. The molecular weight excluding hydrogens is 604 g/mol. The number of hydrogen-bond acceptors (Lipinski definition) is 11. The lowest BCUT2D eigenvalue weighted by Gasteiger charge is -2.47. The third-order valence-corrected chi connectivity index (χ3v) is 10.4. The number of nitrogens with one attached hydrogen (secondary N) is 1. The molecule has 3 saturated heterocycles. The summed E-state index contributed by atoms with van der Waals surface area (Å²) < 4.78 is 25.0. The summed E-state index contributed by atoms with van der Waals surface area (Å²) in [5, 5.41) is 14.3. The Kier molecular flexibility index (Phi) is 13.8. The van der Waals surface area contributed by atoms with E-state index in [2.05, 4.69) is 22.0 Å². The van der Waals surface area contributed by atoms with E-state index in [4.69, 9.17) is 18.9 Å². The van der Waals surface area contributed by atoms with Crippen LogP contribution in [-0.4, -0.2) is 147 Å². The van der Waals surface area contributed by atoms with Gasteiger partial charge in [-0.15, -0.1) is 0 Å². The zero-order chi connectivity index (χ0) is 35.4. The molecule has 0 aromatic heterocycles. The molecule has 47 heavy (non-hydrogen) atoms. The van der Waals surface area contributed by atoms with Gasteiger partial charge in [0.25, 0.3) is 0 Å². The van der Waals surface area contributed by atoms with Crippen LogP contribution in [0.5, 0.6) is 0 Å². The molecule has 0 saturated carbocycles. The first kappa shape index (κ1) is 39.8. The maximum Gasteiger partial charge on any atom is 0.319 e. The Morgan fingerprint density at radius 1 is 1.13 bits per heavy atom. The highest BCUT2D eigenvalue weighted by Gasteiger charge is 2.51. The maximum atomic E-state index is 14.2. The monoisotopic (exact) mass is 668 g/mol. The molecule has 2 N–H and O–H groups in total. The van der Waals surface area contributed by atoms with E-state index in [1.165, 1.54) is 0 Å². The molecule has 0 aromatic rings. The summed E-state index contributed by atoms with van der Waals surface area (Å²) in [6.07, 6.45) is -1.58. The largest absolute Gasteiger partial charge is 0.463 e. The Balaban J connectivity index is 1.89. The number of cyclic esters (lactones) is 1. The third-order valence-electron chi connectivity index (χ3n) is 10.4. The number of carbonyl (C=O) groups excluding carboxylic acids is 3. The summed E-state index contributed by atoms with van der Waals surface area (Å²) in [5.41, 5.74) is -2.40. The predicted molar refractivity (Wildman–Crippen MR) is 180 cm³/mol. The number of aliphatic hydroxyl groups excluding tert-OH is 1. The van der Waals surface area contributed by atoms with Crippen LogP contribution in [0.15, 0.2) is 0 Å². The summed E-state index contributed by atoms with van der Waals surface area (Å²) in [6, 6.07) is -0.000912. The molecule has 12 nitrogen and oxygen atoms in total. The minimum atomic E-state index is -1.45. The zero-order valence-corrected chi connectivity index (χ0v) is 31.1. The second kappa shape index (κ2) is 16.4. The average molecular weight is 669 g/mol. The van der Waals surface area contributed by atoms with E-state index in [1.54, 1.807) is 27.9 Å². The second-order valence-electron chi connectivity index (χ2n) is 16.0. The van der Waals surface area contributed by atoms with Crippen molar-refractivity contribution in [2.75, 3.05) is 67.6 Å². The van der Waals surface area contributed by atoms with Crippen LogP contribution in [0.25, 0.3) is 0 Å². The van der Waals surface area contributed by atoms with Crippen molar-refractivity contribution in [1.29, 1.82) is 0 Å². The molecule has 0 aromatic carbocycles. The van der Waals surface area contributed by atoms with Crippen LogP contribution in [0.1, 0.15) is 68.2 Å². The number of likely N-dealkylation sites (tertiary alicyclic amines) is 1. The van der Waals surface area contributed by atoms with Crippen LogP contribution in [0, 0.1) is 29.1 Å². The van der Waals surface area contributed by atoms with Gasteiger partial charge in [-0.2, -0.15) is 0 Å². The van der Waals surface area contributed by atoms with Gasteiger partial charge in [0.1, 0.15) is 18.1 Å². The number of likely N-dealkylation sites (N-methyl/N-ethyl adjacent to an activating group) is 1. The Morgan fingerprint density at radius 3 is 2.34 bits per heavy atom. The molecule has 1 amide bonds. The number of carbonyl (C=O) groups is 3. The summed E-state index contributed by atoms with van der Waals surface area (Å²) in [7, 11) is 7.60. The number of ether oxygens (including phenoxy) is 4. The molecule has 3 aliphatic heterocycles. The number of nitrogens with zero attached hydrogens (tertiary/aromatic N) is 3. The van der Waals surface area contributed by atoms with Crippen LogP contribution >= 0.6 is 0 Å².